The van der Waals surface area contributed by atoms with Crippen molar-refractivity contribution in [3.05, 3.63) is 69.7 Å². The van der Waals surface area contributed by atoms with E-state index in [1.807, 2.05) is 6.07 Å². The molecule has 0 radical (unpaired) electrons. The number of hydrogen-bond acceptors (Lipinski definition) is 4. The summed E-state index contributed by atoms with van der Waals surface area (Å²) in [5.74, 6) is -0.916. The number of amides is 2. The van der Waals surface area contributed by atoms with Crippen molar-refractivity contribution in [3.8, 4) is 0 Å². The molecule has 0 spiro atoms. The zero-order chi connectivity index (χ0) is 15.9. The van der Waals surface area contributed by atoms with Crippen molar-refractivity contribution in [3.63, 3.8) is 0 Å². The van der Waals surface area contributed by atoms with Gasteiger partial charge in [-0.2, -0.15) is 5.10 Å². The molecule has 0 aliphatic heterocycles. The quantitative estimate of drug-likeness (QED) is 0.443. The molecule has 0 heterocycles. The summed E-state index contributed by atoms with van der Waals surface area (Å²) in [5, 5.41) is 12.4. The Morgan fingerprint density at radius 2 is 1.77 bits per heavy atom. The molecule has 2 aromatic carbocycles. The Morgan fingerprint density at radius 3 is 2.41 bits per heavy atom. The topological polar surface area (TPSA) is 90.8 Å². The molecule has 0 atom stereocenters. The van der Waals surface area contributed by atoms with Crippen molar-refractivity contribution < 1.29 is 14.8 Å². The normalized spacial score (nSPS) is 10.5. The predicted octanol–water partition coefficient (Wildman–Crippen LogP) is 2.33. The first-order valence-corrected chi connectivity index (χ1v) is 7.03. The summed E-state index contributed by atoms with van der Waals surface area (Å²) < 4.78 is 0.807. The Labute approximate surface area is 134 Å². The molecule has 3 N–H and O–H groups in total. The fourth-order valence-corrected chi connectivity index (χ4v) is 2.04. The number of hydrogen-bond donors (Lipinski definition) is 3. The highest BCUT2D eigenvalue weighted by molar-refractivity contribution is 9.10. The fraction of sp³-hybridized carbons (Fsp3) is 0. The van der Waals surface area contributed by atoms with Crippen LogP contribution in [0.4, 0.5) is 0 Å². The molecule has 2 aromatic rings. The van der Waals surface area contributed by atoms with Crippen molar-refractivity contribution in [2.45, 2.75) is 0 Å². The third-order valence-corrected chi connectivity index (χ3v) is 3.23. The molecular formula is C15H12BrN3O3. The summed E-state index contributed by atoms with van der Waals surface area (Å²) in [6, 6.07) is 13.3. The minimum atomic E-state index is -0.591. The second-order valence-electron chi connectivity index (χ2n) is 4.27. The van der Waals surface area contributed by atoms with E-state index in [9.17, 15) is 9.59 Å². The molecule has 0 aromatic heterocycles. The summed E-state index contributed by atoms with van der Waals surface area (Å²) in [7, 11) is 0. The van der Waals surface area contributed by atoms with Crippen LogP contribution in [0.5, 0.6) is 0 Å². The van der Waals surface area contributed by atoms with E-state index in [-0.39, 0.29) is 5.91 Å². The predicted molar refractivity (Wildman–Crippen MR) is 84.9 cm³/mol. The maximum Gasteiger partial charge on any atom is 0.274 e. The van der Waals surface area contributed by atoms with Gasteiger partial charge in [0, 0.05) is 15.6 Å². The zero-order valence-electron chi connectivity index (χ0n) is 11.3. The first kappa shape index (κ1) is 15.9. The van der Waals surface area contributed by atoms with E-state index in [4.69, 9.17) is 5.21 Å². The third-order valence-electron chi connectivity index (χ3n) is 2.74. The first-order chi connectivity index (χ1) is 10.6. The average molecular weight is 362 g/mol. The molecule has 0 bridgehead atoms. The summed E-state index contributed by atoms with van der Waals surface area (Å²) in [6.07, 6.45) is 1.45. The van der Waals surface area contributed by atoms with Crippen LogP contribution in [0.1, 0.15) is 26.3 Å². The maximum absolute atomic E-state index is 11.8. The zero-order valence-corrected chi connectivity index (χ0v) is 12.9. The van der Waals surface area contributed by atoms with Gasteiger partial charge in [0.2, 0.25) is 0 Å². The average Bonchev–Trinajstić information content (AvgIpc) is 2.54. The lowest BCUT2D eigenvalue weighted by Crippen LogP contribution is -2.18. The number of nitrogens with zero attached hydrogens (tertiary/aromatic N) is 1. The molecular weight excluding hydrogens is 350 g/mol. The van der Waals surface area contributed by atoms with Crippen LogP contribution in [0.2, 0.25) is 0 Å². The van der Waals surface area contributed by atoms with Crippen molar-refractivity contribution in [1.29, 1.82) is 0 Å². The monoisotopic (exact) mass is 361 g/mol. The van der Waals surface area contributed by atoms with E-state index in [2.05, 4.69) is 26.5 Å². The van der Waals surface area contributed by atoms with E-state index in [0.717, 1.165) is 4.47 Å². The SMILES string of the molecule is O=C(NO)c1ccc(/C=N/NC(=O)c2cccc(Br)c2)cc1. The number of carbonyl (C=O) groups excluding carboxylic acids is 2. The number of hydroxylamine groups is 1. The van der Waals surface area contributed by atoms with Gasteiger partial charge in [-0.05, 0) is 35.9 Å². The van der Waals surface area contributed by atoms with Gasteiger partial charge < -0.3 is 0 Å². The van der Waals surface area contributed by atoms with E-state index in [0.29, 0.717) is 16.7 Å². The molecule has 0 fully saturated rings. The van der Waals surface area contributed by atoms with Crippen LogP contribution in [0, 0.1) is 0 Å². The van der Waals surface area contributed by atoms with E-state index in [1.165, 1.54) is 18.3 Å². The molecule has 0 aliphatic rings. The largest absolute Gasteiger partial charge is 0.288 e. The highest BCUT2D eigenvalue weighted by atomic mass is 79.9. The van der Waals surface area contributed by atoms with Gasteiger partial charge in [-0.1, -0.05) is 34.1 Å². The molecule has 2 rings (SSSR count). The molecule has 7 heteroatoms. The number of hydrazone groups is 1. The number of nitrogens with one attached hydrogen (secondary N) is 2. The molecule has 0 saturated heterocycles. The van der Waals surface area contributed by atoms with Crippen molar-refractivity contribution in [2.75, 3.05) is 0 Å². The molecule has 0 saturated carbocycles. The molecule has 0 unspecified atom stereocenters. The Kier molecular flexibility index (Phi) is 5.40. The number of rotatable bonds is 4. The minimum Gasteiger partial charge on any atom is -0.288 e. The first-order valence-electron chi connectivity index (χ1n) is 6.23. The van der Waals surface area contributed by atoms with E-state index in [1.54, 1.807) is 35.8 Å². The Hall–Kier alpha value is -2.51. The lowest BCUT2D eigenvalue weighted by molar-refractivity contribution is 0.0706. The molecule has 22 heavy (non-hydrogen) atoms. The van der Waals surface area contributed by atoms with Crippen molar-refractivity contribution in [2.24, 2.45) is 5.10 Å². The maximum atomic E-state index is 11.8. The smallest absolute Gasteiger partial charge is 0.274 e. The van der Waals surface area contributed by atoms with Crippen LogP contribution in [-0.2, 0) is 0 Å². The Balaban J connectivity index is 1.97. The third kappa shape index (κ3) is 4.24. The summed E-state index contributed by atoms with van der Waals surface area (Å²) in [5.41, 5.74) is 5.46. The van der Waals surface area contributed by atoms with Crippen LogP contribution >= 0.6 is 15.9 Å². The molecule has 112 valence electrons. The van der Waals surface area contributed by atoms with E-state index < -0.39 is 5.91 Å². The van der Waals surface area contributed by atoms with Gasteiger partial charge in [0.15, 0.2) is 0 Å². The molecule has 2 amide bonds. The van der Waals surface area contributed by atoms with Gasteiger partial charge in [0.1, 0.15) is 0 Å². The van der Waals surface area contributed by atoms with Gasteiger partial charge in [-0.15, -0.1) is 0 Å². The Bertz CT molecular complexity index is 714. The lowest BCUT2D eigenvalue weighted by atomic mass is 10.1. The van der Waals surface area contributed by atoms with Crippen LogP contribution < -0.4 is 10.9 Å². The van der Waals surface area contributed by atoms with Crippen LogP contribution in [-0.4, -0.2) is 23.2 Å². The highest BCUT2D eigenvalue weighted by Crippen LogP contribution is 2.11. The van der Waals surface area contributed by atoms with Gasteiger partial charge in [-0.25, -0.2) is 10.9 Å². The molecule has 0 aliphatic carbocycles. The Morgan fingerprint density at radius 1 is 1.05 bits per heavy atom. The summed E-state index contributed by atoms with van der Waals surface area (Å²) >= 11 is 3.29. The second kappa shape index (κ2) is 7.48. The van der Waals surface area contributed by atoms with Gasteiger partial charge >= 0.3 is 0 Å². The minimum absolute atomic E-state index is 0.317. The van der Waals surface area contributed by atoms with Crippen molar-refractivity contribution in [1.82, 2.24) is 10.9 Å². The number of benzene rings is 2. The van der Waals surface area contributed by atoms with Gasteiger partial charge in [-0.3, -0.25) is 14.8 Å². The van der Waals surface area contributed by atoms with Crippen molar-refractivity contribution >= 4 is 34.0 Å². The highest BCUT2D eigenvalue weighted by Gasteiger charge is 2.04. The lowest BCUT2D eigenvalue weighted by Gasteiger charge is -2.01. The van der Waals surface area contributed by atoms with Gasteiger partial charge in [0.05, 0.1) is 6.21 Å². The van der Waals surface area contributed by atoms with Crippen LogP contribution in [0.3, 0.4) is 0 Å². The van der Waals surface area contributed by atoms with Crippen LogP contribution in [0.15, 0.2) is 58.1 Å². The molecule has 6 nitrogen and oxygen atoms in total. The fourth-order valence-electron chi connectivity index (χ4n) is 1.64. The number of halogens is 1. The second-order valence-corrected chi connectivity index (χ2v) is 5.19. The van der Waals surface area contributed by atoms with E-state index >= 15 is 0 Å². The summed E-state index contributed by atoms with van der Waals surface area (Å²) in [6.45, 7) is 0. The number of carbonyl (C=O) groups is 2. The van der Waals surface area contributed by atoms with Crippen LogP contribution in [0.25, 0.3) is 0 Å². The van der Waals surface area contributed by atoms with Gasteiger partial charge in [0.25, 0.3) is 11.8 Å². The standard InChI is InChI=1S/C15H12BrN3O3/c16-13-3-1-2-12(8-13)14(20)18-17-9-10-4-6-11(7-5-10)15(21)19-22/h1-9,22H,(H,18,20)(H,19,21)/b17-9+. The summed E-state index contributed by atoms with van der Waals surface area (Å²) in [4.78, 5) is 23.0.